The van der Waals surface area contributed by atoms with Crippen molar-refractivity contribution >= 4 is 11.8 Å². The number of hydrogen-bond acceptors (Lipinski definition) is 6. The summed E-state index contributed by atoms with van der Waals surface area (Å²) in [4.78, 5) is 2.46. The van der Waals surface area contributed by atoms with E-state index in [0.717, 1.165) is 69.5 Å². The number of likely N-dealkylation sites (tertiary alicyclic amines) is 1. The van der Waals surface area contributed by atoms with Crippen molar-refractivity contribution in [2.24, 2.45) is 5.92 Å². The van der Waals surface area contributed by atoms with E-state index >= 15 is 0 Å². The molecule has 3 aliphatic heterocycles. The van der Waals surface area contributed by atoms with Crippen LogP contribution in [0.5, 0.6) is 0 Å². The Labute approximate surface area is 142 Å². The topological polar surface area (TPSA) is 47.7 Å². The Bertz CT molecular complexity index is 524. The van der Waals surface area contributed by atoms with Gasteiger partial charge in [0.05, 0.1) is 11.8 Å². The Balaban J connectivity index is 1.19. The van der Waals surface area contributed by atoms with Gasteiger partial charge in [0.2, 0.25) is 0 Å². The standard InChI is InChI=1S/C17H26N2O3S/c1-13-6-15(18-22-13)8-19-11-17(12-19)7-16(10-23-17)21-9-14-2-4-20-5-3-14/h6,14,16H,2-5,7-12H2,1H3. The summed E-state index contributed by atoms with van der Waals surface area (Å²) in [5, 5.41) is 4.09. The molecular formula is C17H26N2O3S. The number of thioether (sulfide) groups is 1. The zero-order chi connectivity index (χ0) is 15.7. The fourth-order valence-corrected chi connectivity index (χ4v) is 5.52. The number of ether oxygens (including phenoxy) is 2. The van der Waals surface area contributed by atoms with Crippen LogP contribution in [0, 0.1) is 12.8 Å². The third kappa shape index (κ3) is 3.76. The van der Waals surface area contributed by atoms with Crippen molar-refractivity contribution in [3.05, 3.63) is 17.5 Å². The van der Waals surface area contributed by atoms with Crippen LogP contribution in [-0.2, 0) is 16.0 Å². The van der Waals surface area contributed by atoms with Gasteiger partial charge in [-0.25, -0.2) is 0 Å². The highest BCUT2D eigenvalue weighted by atomic mass is 32.2. The summed E-state index contributed by atoms with van der Waals surface area (Å²) in [5.41, 5.74) is 1.05. The second-order valence-electron chi connectivity index (χ2n) is 7.28. The second kappa shape index (κ2) is 6.75. The lowest BCUT2D eigenvalue weighted by Gasteiger charge is -2.47. The molecule has 0 radical (unpaired) electrons. The highest BCUT2D eigenvalue weighted by molar-refractivity contribution is 8.01. The molecule has 3 saturated heterocycles. The van der Waals surface area contributed by atoms with Crippen molar-refractivity contribution in [1.29, 1.82) is 0 Å². The first-order chi connectivity index (χ1) is 11.2. The molecule has 1 unspecified atom stereocenters. The third-order valence-electron chi connectivity index (χ3n) is 5.17. The van der Waals surface area contributed by atoms with Crippen molar-refractivity contribution in [3.63, 3.8) is 0 Å². The summed E-state index contributed by atoms with van der Waals surface area (Å²) in [6.45, 7) is 7.91. The van der Waals surface area contributed by atoms with Crippen molar-refractivity contribution in [1.82, 2.24) is 10.1 Å². The Hall–Kier alpha value is -0.560. The van der Waals surface area contributed by atoms with Crippen LogP contribution in [0.25, 0.3) is 0 Å². The molecule has 1 aromatic heterocycles. The fraction of sp³-hybridized carbons (Fsp3) is 0.824. The van der Waals surface area contributed by atoms with E-state index in [0.29, 0.717) is 16.8 Å². The Morgan fingerprint density at radius 1 is 1.39 bits per heavy atom. The minimum Gasteiger partial charge on any atom is -0.381 e. The van der Waals surface area contributed by atoms with E-state index in [9.17, 15) is 0 Å². The third-order valence-corrected chi connectivity index (χ3v) is 6.75. The van der Waals surface area contributed by atoms with Gasteiger partial charge in [-0.1, -0.05) is 5.16 Å². The maximum atomic E-state index is 6.21. The summed E-state index contributed by atoms with van der Waals surface area (Å²) in [6.07, 6.45) is 3.97. The molecule has 0 bridgehead atoms. The summed E-state index contributed by atoms with van der Waals surface area (Å²) < 4.78 is 17.2. The Morgan fingerprint density at radius 3 is 2.96 bits per heavy atom. The van der Waals surface area contributed by atoms with Crippen LogP contribution in [0.3, 0.4) is 0 Å². The quantitative estimate of drug-likeness (QED) is 0.822. The van der Waals surface area contributed by atoms with Gasteiger partial charge < -0.3 is 14.0 Å². The van der Waals surface area contributed by atoms with Gasteiger partial charge in [0, 0.05) is 56.0 Å². The molecule has 23 heavy (non-hydrogen) atoms. The summed E-state index contributed by atoms with van der Waals surface area (Å²) in [5.74, 6) is 2.76. The fourth-order valence-electron chi connectivity index (χ4n) is 3.92. The monoisotopic (exact) mass is 338 g/mol. The first-order valence-electron chi connectivity index (χ1n) is 8.69. The first-order valence-corrected chi connectivity index (χ1v) is 9.67. The molecule has 1 spiro atoms. The Kier molecular flexibility index (Phi) is 4.67. The highest BCUT2D eigenvalue weighted by Crippen LogP contribution is 2.46. The molecule has 1 aromatic rings. The number of rotatable bonds is 5. The van der Waals surface area contributed by atoms with Gasteiger partial charge in [0.25, 0.3) is 0 Å². The minimum atomic E-state index is 0.430. The minimum absolute atomic E-state index is 0.430. The maximum Gasteiger partial charge on any atom is 0.133 e. The smallest absolute Gasteiger partial charge is 0.133 e. The second-order valence-corrected chi connectivity index (χ2v) is 8.77. The Morgan fingerprint density at radius 2 is 2.22 bits per heavy atom. The van der Waals surface area contributed by atoms with E-state index in [1.165, 1.54) is 6.42 Å². The van der Waals surface area contributed by atoms with Gasteiger partial charge in [-0.05, 0) is 32.1 Å². The van der Waals surface area contributed by atoms with Gasteiger partial charge in [-0.15, -0.1) is 11.8 Å². The van der Waals surface area contributed by atoms with Crippen LogP contribution in [0.1, 0.15) is 30.7 Å². The van der Waals surface area contributed by atoms with E-state index in [2.05, 4.69) is 21.8 Å². The number of nitrogens with zero attached hydrogens (tertiary/aromatic N) is 2. The molecule has 5 nitrogen and oxygen atoms in total. The lowest BCUT2D eigenvalue weighted by molar-refractivity contribution is -0.0134. The summed E-state index contributed by atoms with van der Waals surface area (Å²) in [6, 6.07) is 2.03. The average Bonchev–Trinajstić information content (AvgIpc) is 3.13. The molecule has 0 aliphatic carbocycles. The molecular weight excluding hydrogens is 312 g/mol. The number of aromatic nitrogens is 1. The predicted octanol–water partition coefficient (Wildman–Crippen LogP) is 2.49. The lowest BCUT2D eigenvalue weighted by Crippen LogP contribution is -2.58. The average molecular weight is 338 g/mol. The number of aryl methyl sites for hydroxylation is 1. The molecule has 0 saturated carbocycles. The molecule has 6 heteroatoms. The van der Waals surface area contributed by atoms with Gasteiger partial charge in [-0.2, -0.15) is 0 Å². The largest absolute Gasteiger partial charge is 0.381 e. The van der Waals surface area contributed by atoms with E-state index in [1.807, 2.05) is 13.0 Å². The molecule has 1 atom stereocenters. The molecule has 0 aromatic carbocycles. The van der Waals surface area contributed by atoms with Crippen LogP contribution in [0.2, 0.25) is 0 Å². The zero-order valence-electron chi connectivity index (χ0n) is 13.8. The summed E-state index contributed by atoms with van der Waals surface area (Å²) >= 11 is 2.11. The molecule has 0 amide bonds. The number of hydrogen-bond donors (Lipinski definition) is 0. The molecule has 128 valence electrons. The molecule has 4 rings (SSSR count). The van der Waals surface area contributed by atoms with Crippen LogP contribution in [0.4, 0.5) is 0 Å². The van der Waals surface area contributed by atoms with Crippen LogP contribution < -0.4 is 0 Å². The zero-order valence-corrected chi connectivity index (χ0v) is 14.6. The van der Waals surface area contributed by atoms with E-state index in [-0.39, 0.29) is 0 Å². The van der Waals surface area contributed by atoms with Crippen molar-refractivity contribution in [2.45, 2.75) is 43.6 Å². The maximum absolute atomic E-state index is 6.21. The molecule has 4 heterocycles. The molecule has 3 aliphatic rings. The van der Waals surface area contributed by atoms with Crippen LogP contribution >= 0.6 is 11.8 Å². The van der Waals surface area contributed by atoms with Crippen molar-refractivity contribution < 1.29 is 14.0 Å². The van der Waals surface area contributed by atoms with Crippen molar-refractivity contribution in [2.75, 3.05) is 38.7 Å². The summed E-state index contributed by atoms with van der Waals surface area (Å²) in [7, 11) is 0. The SMILES string of the molecule is Cc1cc(CN2CC3(CC(OCC4CCOCC4)CS3)C2)no1. The normalized spacial score (nSPS) is 28.3. The first kappa shape index (κ1) is 15.9. The van der Waals surface area contributed by atoms with Gasteiger partial charge >= 0.3 is 0 Å². The van der Waals surface area contributed by atoms with E-state index in [4.69, 9.17) is 14.0 Å². The van der Waals surface area contributed by atoms with E-state index < -0.39 is 0 Å². The highest BCUT2D eigenvalue weighted by Gasteiger charge is 2.49. The van der Waals surface area contributed by atoms with Crippen LogP contribution in [-0.4, -0.2) is 59.6 Å². The lowest BCUT2D eigenvalue weighted by atomic mass is 9.92. The predicted molar refractivity (Wildman–Crippen MR) is 89.6 cm³/mol. The van der Waals surface area contributed by atoms with Gasteiger partial charge in [-0.3, -0.25) is 4.90 Å². The van der Waals surface area contributed by atoms with Gasteiger partial charge in [0.15, 0.2) is 0 Å². The van der Waals surface area contributed by atoms with Crippen molar-refractivity contribution in [3.8, 4) is 0 Å². The van der Waals surface area contributed by atoms with E-state index in [1.54, 1.807) is 0 Å². The molecule has 3 fully saturated rings. The van der Waals surface area contributed by atoms with Gasteiger partial charge in [0.1, 0.15) is 5.76 Å². The molecule has 0 N–H and O–H groups in total. The van der Waals surface area contributed by atoms with Crippen LogP contribution in [0.15, 0.2) is 10.6 Å².